The molecule has 0 spiro atoms. The van der Waals surface area contributed by atoms with Crippen LogP contribution in [0.1, 0.15) is 97.8 Å². The molecule has 3 fully saturated rings. The fraction of sp³-hybridized carbons (Fsp3) is 0.880. The number of rotatable bonds is 14. The van der Waals surface area contributed by atoms with E-state index >= 15 is 0 Å². The van der Waals surface area contributed by atoms with E-state index in [4.69, 9.17) is 14.2 Å². The third kappa shape index (κ3) is 6.01. The molecule has 3 rings (SSSR count). The molecule has 176 valence electrons. The third-order valence-corrected chi connectivity index (χ3v) is 7.63. The van der Waals surface area contributed by atoms with Crippen LogP contribution in [0, 0.1) is 23.2 Å². The highest BCUT2D eigenvalue weighted by Gasteiger charge is 2.63. The highest BCUT2D eigenvalue weighted by atomic mass is 16.6. The molecule has 0 aromatic rings. The van der Waals surface area contributed by atoms with Crippen LogP contribution >= 0.6 is 0 Å². The molecule has 0 aromatic carbocycles. The van der Waals surface area contributed by atoms with Gasteiger partial charge in [-0.3, -0.25) is 14.4 Å². The Labute approximate surface area is 186 Å². The predicted octanol–water partition coefficient (Wildman–Crippen LogP) is 4.97. The molecule has 31 heavy (non-hydrogen) atoms. The van der Waals surface area contributed by atoms with Crippen molar-refractivity contribution < 1.29 is 28.6 Å². The van der Waals surface area contributed by atoms with Gasteiger partial charge in [0, 0.05) is 18.3 Å². The maximum atomic E-state index is 12.2. The van der Waals surface area contributed by atoms with Crippen molar-refractivity contribution in [2.24, 2.45) is 23.2 Å². The molecule has 0 N–H and O–H groups in total. The van der Waals surface area contributed by atoms with Crippen molar-refractivity contribution in [3.63, 3.8) is 0 Å². The van der Waals surface area contributed by atoms with Crippen molar-refractivity contribution in [3.8, 4) is 0 Å². The summed E-state index contributed by atoms with van der Waals surface area (Å²) < 4.78 is 16.5. The van der Waals surface area contributed by atoms with Gasteiger partial charge in [-0.15, -0.1) is 0 Å². The first-order chi connectivity index (χ1) is 14.8. The zero-order valence-electron chi connectivity index (χ0n) is 19.5. The summed E-state index contributed by atoms with van der Waals surface area (Å²) in [6, 6.07) is 0. The largest absolute Gasteiger partial charge is 0.465 e. The molecular weight excluding hydrogens is 396 g/mol. The van der Waals surface area contributed by atoms with E-state index in [1.165, 1.54) is 12.8 Å². The van der Waals surface area contributed by atoms with Crippen LogP contribution in [0.5, 0.6) is 0 Å². The van der Waals surface area contributed by atoms with Crippen LogP contribution in [-0.4, -0.2) is 36.7 Å². The van der Waals surface area contributed by atoms with E-state index in [-0.39, 0.29) is 47.4 Å². The monoisotopic (exact) mass is 436 g/mol. The highest BCUT2D eigenvalue weighted by Crippen LogP contribution is 2.55. The van der Waals surface area contributed by atoms with Crippen LogP contribution in [0.15, 0.2) is 0 Å². The Kier molecular flexibility index (Phi) is 8.40. The third-order valence-electron chi connectivity index (χ3n) is 7.63. The van der Waals surface area contributed by atoms with Crippen molar-refractivity contribution in [1.82, 2.24) is 0 Å². The van der Waals surface area contributed by atoms with E-state index in [0.717, 1.165) is 57.8 Å². The molecule has 5 unspecified atom stereocenters. The highest BCUT2D eigenvalue weighted by molar-refractivity contribution is 5.77. The Hall–Kier alpha value is -1.59. The second-order valence-corrected chi connectivity index (χ2v) is 10.3. The molecule has 1 saturated heterocycles. The van der Waals surface area contributed by atoms with Crippen LogP contribution in [-0.2, 0) is 28.6 Å². The first-order valence-corrected chi connectivity index (χ1v) is 12.4. The average molecular weight is 437 g/mol. The number of carbonyl (C=O) groups excluding carboxylic acids is 3. The van der Waals surface area contributed by atoms with E-state index in [1.54, 1.807) is 0 Å². The van der Waals surface area contributed by atoms with E-state index in [0.29, 0.717) is 18.9 Å². The number of fused-ring (bicyclic) bond motifs is 1. The van der Waals surface area contributed by atoms with Crippen LogP contribution < -0.4 is 0 Å². The Morgan fingerprint density at radius 2 is 1.65 bits per heavy atom. The van der Waals surface area contributed by atoms with E-state index in [2.05, 4.69) is 0 Å². The van der Waals surface area contributed by atoms with Crippen molar-refractivity contribution in [2.75, 3.05) is 6.61 Å². The van der Waals surface area contributed by atoms with Gasteiger partial charge in [0.05, 0.1) is 17.9 Å². The molecule has 0 radical (unpaired) electrons. The summed E-state index contributed by atoms with van der Waals surface area (Å²) in [5.74, 6) is 0.341. The number of unbranched alkanes of at least 4 members (excludes halogenated alkanes) is 7. The molecule has 0 amide bonds. The first-order valence-electron chi connectivity index (χ1n) is 12.4. The SMILES string of the molecule is CCC(C)(C)C(=O)OCCCCCCCCCCC(=O)OC1C2CC3C(=O)OC1C3C2. The lowest BCUT2D eigenvalue weighted by molar-refractivity contribution is -0.161. The molecule has 6 nitrogen and oxygen atoms in total. The molecule has 2 aliphatic carbocycles. The standard InChI is InChI=1S/C25H40O6/c1-4-25(2,3)24(28)29-14-12-10-8-6-5-7-9-11-13-20(26)30-21-17-15-18-19(16-17)23(27)31-22(18)21/h17-19,21-22H,4-16H2,1-3H3. The predicted molar refractivity (Wildman–Crippen MR) is 116 cm³/mol. The van der Waals surface area contributed by atoms with Gasteiger partial charge in [-0.25, -0.2) is 0 Å². The summed E-state index contributed by atoms with van der Waals surface area (Å²) >= 11 is 0. The molecule has 2 bridgehead atoms. The van der Waals surface area contributed by atoms with Crippen LogP contribution in [0.4, 0.5) is 0 Å². The molecule has 0 aromatic heterocycles. The number of hydrogen-bond acceptors (Lipinski definition) is 6. The quantitative estimate of drug-likeness (QED) is 0.217. The van der Waals surface area contributed by atoms with Crippen LogP contribution in [0.3, 0.4) is 0 Å². The Morgan fingerprint density at radius 3 is 2.32 bits per heavy atom. The lowest BCUT2D eigenvalue weighted by Gasteiger charge is -2.25. The number of esters is 3. The Morgan fingerprint density at radius 1 is 1.00 bits per heavy atom. The summed E-state index contributed by atoms with van der Waals surface area (Å²) in [6.45, 7) is 6.37. The molecule has 6 heteroatoms. The van der Waals surface area contributed by atoms with Gasteiger partial charge in [0.15, 0.2) is 0 Å². The maximum absolute atomic E-state index is 12.2. The lowest BCUT2D eigenvalue weighted by Crippen LogP contribution is -2.35. The van der Waals surface area contributed by atoms with Gasteiger partial charge >= 0.3 is 17.9 Å². The summed E-state index contributed by atoms with van der Waals surface area (Å²) in [5, 5.41) is 0. The van der Waals surface area contributed by atoms with Gasteiger partial charge in [0.2, 0.25) is 0 Å². The number of ether oxygens (including phenoxy) is 3. The number of carbonyl (C=O) groups is 3. The average Bonchev–Trinajstić information content (AvgIpc) is 3.37. The maximum Gasteiger partial charge on any atom is 0.311 e. The van der Waals surface area contributed by atoms with E-state index < -0.39 is 0 Å². The molecule has 3 aliphatic rings. The first kappa shape index (κ1) is 24.1. The minimum absolute atomic E-state index is 0.0631. The minimum atomic E-state index is -0.379. The molecule has 5 atom stereocenters. The summed E-state index contributed by atoms with van der Waals surface area (Å²) in [4.78, 5) is 35.9. The second kappa shape index (κ2) is 10.8. The number of hydrogen-bond donors (Lipinski definition) is 0. The van der Waals surface area contributed by atoms with Crippen molar-refractivity contribution in [3.05, 3.63) is 0 Å². The van der Waals surface area contributed by atoms with Gasteiger partial charge in [0.25, 0.3) is 0 Å². The smallest absolute Gasteiger partial charge is 0.311 e. The Balaban J connectivity index is 1.13. The molecule has 1 heterocycles. The molecular formula is C25H40O6. The van der Waals surface area contributed by atoms with Gasteiger partial charge in [-0.1, -0.05) is 45.4 Å². The summed E-state index contributed by atoms with van der Waals surface area (Å²) in [5.41, 5.74) is -0.379. The van der Waals surface area contributed by atoms with Gasteiger partial charge in [0.1, 0.15) is 12.2 Å². The van der Waals surface area contributed by atoms with Crippen molar-refractivity contribution in [2.45, 2.75) is 110 Å². The van der Waals surface area contributed by atoms with E-state index in [9.17, 15) is 14.4 Å². The summed E-state index contributed by atoms with van der Waals surface area (Å²) in [7, 11) is 0. The summed E-state index contributed by atoms with van der Waals surface area (Å²) in [6.07, 6.45) is 11.2. The fourth-order valence-electron chi connectivity index (χ4n) is 5.21. The van der Waals surface area contributed by atoms with Gasteiger partial charge < -0.3 is 14.2 Å². The zero-order chi connectivity index (χ0) is 22.4. The van der Waals surface area contributed by atoms with Gasteiger partial charge in [-0.05, 0) is 46.0 Å². The van der Waals surface area contributed by atoms with Crippen LogP contribution in [0.2, 0.25) is 0 Å². The fourth-order valence-corrected chi connectivity index (χ4v) is 5.21. The lowest BCUT2D eigenvalue weighted by atomic mass is 9.88. The van der Waals surface area contributed by atoms with Crippen molar-refractivity contribution >= 4 is 17.9 Å². The topological polar surface area (TPSA) is 78.9 Å². The molecule has 2 saturated carbocycles. The Bertz CT molecular complexity index is 642. The van der Waals surface area contributed by atoms with Gasteiger partial charge in [-0.2, -0.15) is 0 Å². The van der Waals surface area contributed by atoms with E-state index in [1.807, 2.05) is 20.8 Å². The zero-order valence-corrected chi connectivity index (χ0v) is 19.5. The minimum Gasteiger partial charge on any atom is -0.465 e. The van der Waals surface area contributed by atoms with Crippen molar-refractivity contribution in [1.29, 1.82) is 0 Å². The van der Waals surface area contributed by atoms with Crippen LogP contribution in [0.25, 0.3) is 0 Å². The second-order valence-electron chi connectivity index (χ2n) is 10.3. The normalized spacial score (nSPS) is 28.6. The molecule has 1 aliphatic heterocycles.